The number of carbonyl (C=O) groups is 2. The van der Waals surface area contributed by atoms with Gasteiger partial charge in [0.25, 0.3) is 0 Å². The van der Waals surface area contributed by atoms with Crippen LogP contribution in [0.1, 0.15) is 12.8 Å². The Bertz CT molecular complexity index is 1620. The first kappa shape index (κ1) is 30.9. The van der Waals surface area contributed by atoms with Gasteiger partial charge in [-0.25, -0.2) is 9.37 Å². The first-order chi connectivity index (χ1) is 21.4. The van der Waals surface area contributed by atoms with E-state index in [9.17, 15) is 14.0 Å². The molecule has 0 unspecified atom stereocenters. The lowest BCUT2D eigenvalue weighted by Gasteiger charge is -2.26. The minimum absolute atomic E-state index is 0.105. The zero-order valence-corrected chi connectivity index (χ0v) is 24.7. The summed E-state index contributed by atoms with van der Waals surface area (Å²) in [5, 5.41) is 5.90. The van der Waals surface area contributed by atoms with Gasteiger partial charge in [0, 0.05) is 43.0 Å². The van der Waals surface area contributed by atoms with Crippen LogP contribution in [0.5, 0.6) is 23.1 Å². The van der Waals surface area contributed by atoms with Crippen molar-refractivity contribution in [2.75, 3.05) is 57.2 Å². The van der Waals surface area contributed by atoms with Crippen LogP contribution in [-0.2, 0) is 14.3 Å². The highest BCUT2D eigenvalue weighted by atomic mass is 35.5. The van der Waals surface area contributed by atoms with Crippen LogP contribution in [0, 0.1) is 5.82 Å². The summed E-state index contributed by atoms with van der Waals surface area (Å²) < 4.78 is 36.1. The molecule has 2 N–H and O–H groups in total. The number of carbonyl (C=O) groups excluding carboxylic acids is 2. The van der Waals surface area contributed by atoms with Crippen LogP contribution in [0.2, 0.25) is 5.02 Å². The van der Waals surface area contributed by atoms with Crippen LogP contribution in [0.15, 0.2) is 60.9 Å². The lowest BCUT2D eigenvalue weighted by atomic mass is 10.2. The number of ether oxygens (including phenoxy) is 4. The molecule has 5 rings (SSSR count). The number of nitrogens with zero attached hydrogens (tertiary/aromatic N) is 3. The molecule has 2 aromatic heterocycles. The maximum Gasteiger partial charge on any atom is 0.238 e. The molecular formula is C31H31ClFN5O6. The monoisotopic (exact) mass is 623 g/mol. The number of morpholine rings is 1. The number of methoxy groups -OCH3 is 1. The smallest absolute Gasteiger partial charge is 0.238 e. The Kier molecular flexibility index (Phi) is 10.4. The minimum atomic E-state index is -0.581. The third kappa shape index (κ3) is 8.31. The first-order valence-corrected chi connectivity index (χ1v) is 14.3. The summed E-state index contributed by atoms with van der Waals surface area (Å²) in [7, 11) is 1.57. The summed E-state index contributed by atoms with van der Waals surface area (Å²) in [4.78, 5) is 35.6. The van der Waals surface area contributed by atoms with E-state index in [0.717, 1.165) is 39.3 Å². The molecule has 2 amide bonds. The highest BCUT2D eigenvalue weighted by Crippen LogP contribution is 2.38. The van der Waals surface area contributed by atoms with Crippen LogP contribution in [0.4, 0.5) is 15.8 Å². The van der Waals surface area contributed by atoms with Gasteiger partial charge in [-0.3, -0.25) is 19.5 Å². The number of halogens is 2. The van der Waals surface area contributed by atoms with E-state index in [4.69, 9.17) is 30.5 Å². The normalized spacial score (nSPS) is 13.3. The Morgan fingerprint density at radius 1 is 0.977 bits per heavy atom. The first-order valence-electron chi connectivity index (χ1n) is 14.0. The van der Waals surface area contributed by atoms with Gasteiger partial charge in [0.1, 0.15) is 23.0 Å². The minimum Gasteiger partial charge on any atom is -0.493 e. The quantitative estimate of drug-likeness (QED) is 0.160. The number of fused-ring (bicyclic) bond motifs is 1. The summed E-state index contributed by atoms with van der Waals surface area (Å²) >= 11 is 6.43. The summed E-state index contributed by atoms with van der Waals surface area (Å²) in [6, 6.07) is 11.9. The number of hydrogen-bond acceptors (Lipinski definition) is 9. The fourth-order valence-corrected chi connectivity index (χ4v) is 4.75. The molecule has 1 aliphatic heterocycles. The van der Waals surface area contributed by atoms with Crippen molar-refractivity contribution < 1.29 is 32.9 Å². The van der Waals surface area contributed by atoms with Gasteiger partial charge < -0.3 is 29.6 Å². The van der Waals surface area contributed by atoms with Crippen molar-refractivity contribution in [3.05, 3.63) is 71.8 Å². The molecule has 44 heavy (non-hydrogen) atoms. The largest absolute Gasteiger partial charge is 0.493 e. The Hall–Kier alpha value is -4.52. The van der Waals surface area contributed by atoms with Crippen molar-refractivity contribution in [1.82, 2.24) is 14.9 Å². The summed E-state index contributed by atoms with van der Waals surface area (Å²) in [6.07, 6.45) is 3.37. The van der Waals surface area contributed by atoms with Gasteiger partial charge in [-0.1, -0.05) is 11.6 Å². The lowest BCUT2D eigenvalue weighted by molar-refractivity contribution is -0.123. The molecule has 1 saturated heterocycles. The third-order valence-corrected chi connectivity index (χ3v) is 6.98. The Morgan fingerprint density at radius 2 is 1.73 bits per heavy atom. The average Bonchev–Trinajstić information content (AvgIpc) is 3.02. The second-order valence-electron chi connectivity index (χ2n) is 9.88. The van der Waals surface area contributed by atoms with Gasteiger partial charge in [0.15, 0.2) is 11.5 Å². The van der Waals surface area contributed by atoms with Crippen molar-refractivity contribution >= 4 is 45.7 Å². The number of aromatic nitrogens is 2. The highest BCUT2D eigenvalue weighted by molar-refractivity contribution is 6.32. The van der Waals surface area contributed by atoms with Crippen molar-refractivity contribution in [1.29, 1.82) is 0 Å². The van der Waals surface area contributed by atoms with Crippen LogP contribution in [0.3, 0.4) is 0 Å². The van der Waals surface area contributed by atoms with Crippen LogP contribution in [-0.4, -0.2) is 73.2 Å². The fourth-order valence-electron chi connectivity index (χ4n) is 4.55. The number of rotatable bonds is 12. The number of amides is 2. The second-order valence-corrected chi connectivity index (χ2v) is 10.3. The maximum absolute atomic E-state index is 13.0. The summed E-state index contributed by atoms with van der Waals surface area (Å²) in [6.45, 7) is 4.84. The number of anilines is 2. The number of pyridine rings is 2. The molecule has 1 fully saturated rings. The van der Waals surface area contributed by atoms with Crippen LogP contribution in [0.25, 0.3) is 10.9 Å². The van der Waals surface area contributed by atoms with Gasteiger partial charge in [-0.15, -0.1) is 0 Å². The Labute approximate surface area is 258 Å². The van der Waals surface area contributed by atoms with E-state index in [1.807, 2.05) is 0 Å². The van der Waals surface area contributed by atoms with E-state index in [-0.39, 0.29) is 16.6 Å². The van der Waals surface area contributed by atoms with Gasteiger partial charge in [0.2, 0.25) is 17.7 Å². The van der Waals surface area contributed by atoms with Gasteiger partial charge in [-0.2, -0.15) is 0 Å². The molecule has 0 atom stereocenters. The van der Waals surface area contributed by atoms with E-state index in [2.05, 4.69) is 25.5 Å². The third-order valence-electron chi connectivity index (χ3n) is 6.71. The van der Waals surface area contributed by atoms with Crippen LogP contribution < -0.4 is 24.8 Å². The Morgan fingerprint density at radius 3 is 2.45 bits per heavy atom. The van der Waals surface area contributed by atoms with E-state index in [1.165, 1.54) is 36.5 Å². The number of benzene rings is 2. The molecule has 1 aliphatic rings. The average molecular weight is 624 g/mol. The summed E-state index contributed by atoms with van der Waals surface area (Å²) in [5.74, 6) is 0.0810. The molecular weight excluding hydrogens is 593 g/mol. The van der Waals surface area contributed by atoms with E-state index in [1.54, 1.807) is 31.5 Å². The number of nitrogens with one attached hydrogen (secondary N) is 2. The molecule has 11 nitrogen and oxygen atoms in total. The summed E-state index contributed by atoms with van der Waals surface area (Å²) in [5.41, 5.74) is 1.28. The molecule has 0 aliphatic carbocycles. The number of hydrogen-bond donors (Lipinski definition) is 2. The molecule has 13 heteroatoms. The zero-order chi connectivity index (χ0) is 30.9. The van der Waals surface area contributed by atoms with E-state index in [0.29, 0.717) is 40.4 Å². The molecule has 0 saturated carbocycles. The molecule has 2 aromatic carbocycles. The van der Waals surface area contributed by atoms with Crippen molar-refractivity contribution in [3.8, 4) is 23.1 Å². The molecule has 4 aromatic rings. The fraction of sp³-hybridized carbons (Fsp3) is 0.290. The van der Waals surface area contributed by atoms with Gasteiger partial charge >= 0.3 is 0 Å². The Balaban J connectivity index is 1.20. The zero-order valence-electron chi connectivity index (χ0n) is 24.0. The molecule has 0 spiro atoms. The van der Waals surface area contributed by atoms with Crippen molar-refractivity contribution in [3.63, 3.8) is 0 Å². The molecule has 230 valence electrons. The molecule has 0 bridgehead atoms. The highest BCUT2D eigenvalue weighted by Gasteiger charge is 2.16. The standard InChI is InChI=1S/C31H31ClFN5O6/c1-41-27-16-23-25(17-28(27)43-12-2-9-38-10-13-42-14-11-38)34-8-7-26(23)44-31-24(32)15-22(19-35-31)37-30(40)18-29(39)36-21-5-3-20(33)4-6-21/h3-8,15-17,19H,2,9-14,18H2,1H3,(H,36,39)(H,37,40). The SMILES string of the molecule is COc1cc2c(Oc3ncc(NC(=O)CC(=O)Nc4ccc(F)cc4)cc3Cl)ccnc2cc1OCCCN1CCOCC1. The second kappa shape index (κ2) is 14.8. The maximum atomic E-state index is 13.0. The van der Waals surface area contributed by atoms with E-state index < -0.39 is 24.1 Å². The predicted molar refractivity (Wildman–Crippen MR) is 163 cm³/mol. The van der Waals surface area contributed by atoms with Crippen molar-refractivity contribution in [2.24, 2.45) is 0 Å². The van der Waals surface area contributed by atoms with Crippen LogP contribution >= 0.6 is 11.6 Å². The van der Waals surface area contributed by atoms with Gasteiger partial charge in [0.05, 0.1) is 44.3 Å². The van der Waals surface area contributed by atoms with E-state index >= 15 is 0 Å². The topological polar surface area (TPSA) is 124 Å². The van der Waals surface area contributed by atoms with Crippen molar-refractivity contribution in [2.45, 2.75) is 12.8 Å². The lowest BCUT2D eigenvalue weighted by Crippen LogP contribution is -2.37. The molecule has 0 radical (unpaired) electrons. The van der Waals surface area contributed by atoms with Gasteiger partial charge in [-0.05, 0) is 48.9 Å². The predicted octanol–water partition coefficient (Wildman–Crippen LogP) is 5.29. The molecule has 3 heterocycles.